The van der Waals surface area contributed by atoms with Crippen molar-refractivity contribution >= 4 is 17.4 Å². The minimum atomic E-state index is -0.710. The number of rotatable bonds is 6. The highest BCUT2D eigenvalue weighted by atomic mass is 16.5. The smallest absolute Gasteiger partial charge is 0.295 e. The summed E-state index contributed by atoms with van der Waals surface area (Å²) in [5.74, 6) is -0.864. The average molecular weight is 443 g/mol. The third kappa shape index (κ3) is 4.24. The van der Waals surface area contributed by atoms with Crippen molar-refractivity contribution in [3.8, 4) is 5.75 Å². The van der Waals surface area contributed by atoms with Gasteiger partial charge in [0.2, 0.25) is 0 Å². The summed E-state index contributed by atoms with van der Waals surface area (Å²) < 4.78 is 5.31. The van der Waals surface area contributed by atoms with Crippen LogP contribution in [0.15, 0.2) is 72.6 Å². The molecule has 1 aliphatic rings. The summed E-state index contributed by atoms with van der Waals surface area (Å²) in [4.78, 5) is 31.9. The molecule has 0 aliphatic carbocycles. The van der Waals surface area contributed by atoms with Crippen LogP contribution < -0.4 is 4.74 Å². The molecular weight excluding hydrogens is 416 g/mol. The van der Waals surface area contributed by atoms with E-state index in [0.29, 0.717) is 11.3 Å². The molecule has 1 aliphatic heterocycles. The predicted octanol–water partition coefficient (Wildman–Crippen LogP) is 4.58. The van der Waals surface area contributed by atoms with Gasteiger partial charge < -0.3 is 14.7 Å². The number of likely N-dealkylation sites (tertiary alicyclic amines) is 1. The normalized spacial score (nSPS) is 17.4. The summed E-state index contributed by atoms with van der Waals surface area (Å²) in [5, 5.41) is 11.2. The molecule has 1 fully saturated rings. The molecule has 6 heteroatoms. The van der Waals surface area contributed by atoms with Crippen molar-refractivity contribution in [1.29, 1.82) is 0 Å². The molecule has 1 atom stereocenters. The van der Waals surface area contributed by atoms with Crippen LogP contribution >= 0.6 is 0 Å². The maximum absolute atomic E-state index is 13.2. The molecule has 168 valence electrons. The van der Waals surface area contributed by atoms with Gasteiger partial charge in [0.15, 0.2) is 0 Å². The number of aliphatic hydroxyl groups excluding tert-OH is 1. The van der Waals surface area contributed by atoms with Gasteiger partial charge in [-0.05, 0) is 59.9 Å². The highest BCUT2D eigenvalue weighted by Crippen LogP contribution is 2.40. The van der Waals surface area contributed by atoms with E-state index in [1.165, 1.54) is 4.90 Å². The number of methoxy groups -OCH3 is 1. The van der Waals surface area contributed by atoms with Gasteiger partial charge in [0.25, 0.3) is 11.7 Å². The molecule has 0 radical (unpaired) electrons. The number of ketones is 1. The number of aliphatic hydroxyl groups is 1. The monoisotopic (exact) mass is 442 g/mol. The van der Waals surface area contributed by atoms with Crippen LogP contribution in [0.25, 0.3) is 5.76 Å². The zero-order valence-corrected chi connectivity index (χ0v) is 18.9. The number of hydrogen-bond donors (Lipinski definition) is 1. The summed E-state index contributed by atoms with van der Waals surface area (Å²) >= 11 is 0. The average Bonchev–Trinajstić information content (AvgIpc) is 3.09. The van der Waals surface area contributed by atoms with Crippen LogP contribution in [0.5, 0.6) is 5.75 Å². The predicted molar refractivity (Wildman–Crippen MR) is 126 cm³/mol. The fraction of sp³-hybridized carbons (Fsp3) is 0.222. The first-order chi connectivity index (χ1) is 15.9. The number of ether oxygens (including phenoxy) is 1. The van der Waals surface area contributed by atoms with E-state index in [1.54, 1.807) is 43.8 Å². The van der Waals surface area contributed by atoms with Crippen LogP contribution in [0.2, 0.25) is 0 Å². The molecule has 2 heterocycles. The Balaban J connectivity index is 1.85. The Kier molecular flexibility index (Phi) is 6.27. The van der Waals surface area contributed by atoms with Gasteiger partial charge in [-0.1, -0.05) is 37.3 Å². The zero-order valence-electron chi connectivity index (χ0n) is 18.9. The van der Waals surface area contributed by atoms with E-state index in [0.717, 1.165) is 28.7 Å². The third-order valence-corrected chi connectivity index (χ3v) is 5.99. The van der Waals surface area contributed by atoms with E-state index in [-0.39, 0.29) is 17.9 Å². The van der Waals surface area contributed by atoms with Gasteiger partial charge >= 0.3 is 0 Å². The first-order valence-corrected chi connectivity index (χ1v) is 10.9. The van der Waals surface area contributed by atoms with Crippen LogP contribution in [0.1, 0.15) is 40.8 Å². The summed E-state index contributed by atoms with van der Waals surface area (Å²) in [6.07, 6.45) is 4.20. The highest BCUT2D eigenvalue weighted by molar-refractivity contribution is 6.46. The topological polar surface area (TPSA) is 79.7 Å². The van der Waals surface area contributed by atoms with E-state index >= 15 is 0 Å². The van der Waals surface area contributed by atoms with E-state index in [2.05, 4.69) is 11.9 Å². The van der Waals surface area contributed by atoms with Gasteiger partial charge in [-0.2, -0.15) is 0 Å². The van der Waals surface area contributed by atoms with Gasteiger partial charge in [0.05, 0.1) is 18.7 Å². The fourth-order valence-corrected chi connectivity index (χ4v) is 4.19. The number of pyridine rings is 1. The number of carbonyl (C=O) groups is 2. The summed E-state index contributed by atoms with van der Waals surface area (Å²) in [6, 6.07) is 15.9. The second-order valence-electron chi connectivity index (χ2n) is 8.07. The summed E-state index contributed by atoms with van der Waals surface area (Å²) in [6.45, 7) is 4.13. The Labute approximate surface area is 193 Å². The molecule has 1 N–H and O–H groups in total. The number of Topliss-reactive ketones (excluding diaryl/α,β-unsaturated/α-hetero) is 1. The zero-order chi connectivity index (χ0) is 23.5. The molecule has 2 aromatic carbocycles. The van der Waals surface area contributed by atoms with Crippen molar-refractivity contribution < 1.29 is 19.4 Å². The molecule has 3 aromatic rings. The largest absolute Gasteiger partial charge is 0.507 e. The fourth-order valence-electron chi connectivity index (χ4n) is 4.19. The molecule has 0 spiro atoms. The van der Waals surface area contributed by atoms with Crippen LogP contribution in [0, 0.1) is 6.92 Å². The number of carbonyl (C=O) groups excluding carboxylic acids is 2. The van der Waals surface area contributed by atoms with E-state index in [4.69, 9.17) is 4.74 Å². The number of aromatic nitrogens is 1. The van der Waals surface area contributed by atoms with Gasteiger partial charge in [0, 0.05) is 24.5 Å². The Morgan fingerprint density at radius 1 is 1.09 bits per heavy atom. The molecule has 33 heavy (non-hydrogen) atoms. The van der Waals surface area contributed by atoms with Crippen molar-refractivity contribution in [2.75, 3.05) is 7.11 Å². The Hall–Kier alpha value is -3.93. The van der Waals surface area contributed by atoms with E-state index in [1.807, 2.05) is 37.3 Å². The highest BCUT2D eigenvalue weighted by Gasteiger charge is 2.46. The lowest BCUT2D eigenvalue weighted by molar-refractivity contribution is -0.140. The lowest BCUT2D eigenvalue weighted by Crippen LogP contribution is -2.29. The molecule has 0 saturated carbocycles. The van der Waals surface area contributed by atoms with Crippen molar-refractivity contribution in [3.05, 3.63) is 100 Å². The standard InChI is InChI=1S/C27H26N2O4/c1-4-18-7-9-20(10-8-18)24-23(25(30)21-11-12-22(33-3)17(2)14-21)26(31)27(32)29(24)16-19-6-5-13-28-15-19/h5-15,24,30H,4,16H2,1-3H3/b25-23-. The maximum atomic E-state index is 13.2. The van der Waals surface area contributed by atoms with Gasteiger partial charge in [-0.25, -0.2) is 0 Å². The lowest BCUT2D eigenvalue weighted by Gasteiger charge is -2.25. The Morgan fingerprint density at radius 2 is 1.85 bits per heavy atom. The number of aryl methyl sites for hydroxylation is 2. The van der Waals surface area contributed by atoms with Crippen LogP contribution in [-0.4, -0.2) is 33.8 Å². The third-order valence-electron chi connectivity index (χ3n) is 5.99. The first kappa shape index (κ1) is 22.3. The van der Waals surface area contributed by atoms with Crippen molar-refractivity contribution in [3.63, 3.8) is 0 Å². The molecule has 1 aromatic heterocycles. The minimum absolute atomic E-state index is 0.0812. The first-order valence-electron chi connectivity index (χ1n) is 10.9. The number of amides is 1. The number of hydrogen-bond acceptors (Lipinski definition) is 5. The molecule has 1 amide bonds. The second-order valence-corrected chi connectivity index (χ2v) is 8.07. The molecule has 1 saturated heterocycles. The second kappa shape index (κ2) is 9.28. The molecule has 4 rings (SSSR count). The number of nitrogens with zero attached hydrogens (tertiary/aromatic N) is 2. The van der Waals surface area contributed by atoms with Gasteiger partial charge in [-0.15, -0.1) is 0 Å². The molecular formula is C27H26N2O4. The molecule has 0 bridgehead atoms. The van der Waals surface area contributed by atoms with Gasteiger partial charge in [0.1, 0.15) is 11.5 Å². The quantitative estimate of drug-likeness (QED) is 0.343. The van der Waals surface area contributed by atoms with Crippen LogP contribution in [0.4, 0.5) is 0 Å². The minimum Gasteiger partial charge on any atom is -0.507 e. The van der Waals surface area contributed by atoms with Crippen LogP contribution in [0.3, 0.4) is 0 Å². The molecule has 1 unspecified atom stereocenters. The SMILES string of the molecule is CCc1ccc(C2/C(=C(/O)c3ccc(OC)c(C)c3)C(=O)C(=O)N2Cc2cccnc2)cc1. The van der Waals surface area contributed by atoms with E-state index < -0.39 is 17.7 Å². The Bertz CT molecular complexity index is 1220. The van der Waals surface area contributed by atoms with Gasteiger partial charge in [-0.3, -0.25) is 14.6 Å². The maximum Gasteiger partial charge on any atom is 0.295 e. The Morgan fingerprint density at radius 3 is 2.45 bits per heavy atom. The van der Waals surface area contributed by atoms with Crippen LogP contribution in [-0.2, 0) is 22.6 Å². The van der Waals surface area contributed by atoms with Crippen molar-refractivity contribution in [1.82, 2.24) is 9.88 Å². The van der Waals surface area contributed by atoms with E-state index in [9.17, 15) is 14.7 Å². The molecule has 6 nitrogen and oxygen atoms in total. The lowest BCUT2D eigenvalue weighted by atomic mass is 9.94. The van der Waals surface area contributed by atoms with Crippen molar-refractivity contribution in [2.45, 2.75) is 32.9 Å². The summed E-state index contributed by atoms with van der Waals surface area (Å²) in [5.41, 5.74) is 4.07. The number of benzene rings is 2. The van der Waals surface area contributed by atoms with Crippen molar-refractivity contribution in [2.24, 2.45) is 0 Å². The summed E-state index contributed by atoms with van der Waals surface area (Å²) in [7, 11) is 1.58.